The van der Waals surface area contributed by atoms with Gasteiger partial charge in [-0.05, 0) is 35.4 Å². The first kappa shape index (κ1) is 20.7. The summed E-state index contributed by atoms with van der Waals surface area (Å²) in [6, 6.07) is 13.2. The van der Waals surface area contributed by atoms with E-state index in [0.717, 1.165) is 22.4 Å². The Labute approximate surface area is 162 Å². The number of hydrogen-bond acceptors (Lipinski definition) is 3. The Balaban J connectivity index is 2.41. The molecule has 2 aromatic rings. The zero-order valence-electron chi connectivity index (χ0n) is 17.3. The van der Waals surface area contributed by atoms with Crippen LogP contribution >= 0.6 is 0 Å². The number of carbonyl (C=O) groups excluding carboxylic acids is 1. The molecule has 27 heavy (non-hydrogen) atoms. The van der Waals surface area contributed by atoms with Crippen LogP contribution < -0.4 is 5.43 Å². The highest BCUT2D eigenvalue weighted by Gasteiger charge is 2.27. The summed E-state index contributed by atoms with van der Waals surface area (Å²) in [7, 11) is 0. The van der Waals surface area contributed by atoms with Crippen LogP contribution in [0.5, 0.6) is 5.75 Å². The summed E-state index contributed by atoms with van der Waals surface area (Å²) in [4.78, 5) is 12.8. The Hall–Kier alpha value is -2.62. The molecule has 1 amide bonds. The molecule has 0 atom stereocenters. The van der Waals surface area contributed by atoms with Gasteiger partial charge in [0, 0.05) is 16.7 Å². The largest absolute Gasteiger partial charge is 0.507 e. The van der Waals surface area contributed by atoms with E-state index in [9.17, 15) is 9.90 Å². The predicted molar refractivity (Wildman–Crippen MR) is 112 cm³/mol. The third-order valence-electron chi connectivity index (χ3n) is 4.50. The van der Waals surface area contributed by atoms with Gasteiger partial charge in [0.05, 0.1) is 5.71 Å². The monoisotopic (exact) mass is 366 g/mol. The van der Waals surface area contributed by atoms with Gasteiger partial charge in [-0.3, -0.25) is 4.79 Å². The predicted octanol–water partition coefficient (Wildman–Crippen LogP) is 5.14. The van der Waals surface area contributed by atoms with Crippen LogP contribution in [-0.4, -0.2) is 16.7 Å². The number of hydrazone groups is 1. The van der Waals surface area contributed by atoms with Gasteiger partial charge in [0.25, 0.3) is 5.91 Å². The maximum absolute atomic E-state index is 12.8. The number of benzene rings is 2. The van der Waals surface area contributed by atoms with Crippen LogP contribution in [0, 0.1) is 0 Å². The van der Waals surface area contributed by atoms with Gasteiger partial charge in [-0.2, -0.15) is 5.10 Å². The van der Waals surface area contributed by atoms with Gasteiger partial charge >= 0.3 is 0 Å². The molecule has 0 saturated heterocycles. The van der Waals surface area contributed by atoms with Crippen molar-refractivity contribution in [2.45, 2.75) is 59.3 Å². The number of phenols is 1. The molecule has 4 heteroatoms. The normalized spacial score (nSPS) is 12.8. The number of carbonyl (C=O) groups is 1. The number of phenolic OH excluding ortho intramolecular Hbond substituents is 1. The highest BCUT2D eigenvalue weighted by molar-refractivity contribution is 6.01. The first-order valence-corrected chi connectivity index (χ1v) is 9.19. The van der Waals surface area contributed by atoms with Crippen LogP contribution in [-0.2, 0) is 10.8 Å². The lowest BCUT2D eigenvalue weighted by molar-refractivity contribution is 0.0954. The number of rotatable bonds is 3. The minimum Gasteiger partial charge on any atom is -0.507 e. The second-order valence-electron chi connectivity index (χ2n) is 8.92. The fourth-order valence-corrected chi connectivity index (χ4v) is 2.85. The fraction of sp³-hybridized carbons (Fsp3) is 0.391. The molecule has 0 spiro atoms. The van der Waals surface area contributed by atoms with Gasteiger partial charge in [-0.15, -0.1) is 0 Å². The molecular formula is C23H30N2O2. The standard InChI is InChI=1S/C23H30N2O2/c1-15(16-11-9-8-10-12-16)24-25-21(27)17-13-18(22(2,3)4)20(26)19(14-17)23(5,6)7/h8-14,26H,1-7H3,(H,25,27). The van der Waals surface area contributed by atoms with Crippen molar-refractivity contribution in [2.75, 3.05) is 0 Å². The topological polar surface area (TPSA) is 61.7 Å². The maximum Gasteiger partial charge on any atom is 0.271 e. The smallest absolute Gasteiger partial charge is 0.271 e. The van der Waals surface area contributed by atoms with E-state index in [1.165, 1.54) is 0 Å². The molecule has 0 aliphatic carbocycles. The van der Waals surface area contributed by atoms with Crippen molar-refractivity contribution in [2.24, 2.45) is 5.10 Å². The van der Waals surface area contributed by atoms with Crippen LogP contribution in [0.4, 0.5) is 0 Å². The van der Waals surface area contributed by atoms with Gasteiger partial charge in [0.1, 0.15) is 5.75 Å². The van der Waals surface area contributed by atoms with E-state index >= 15 is 0 Å². The third kappa shape index (κ3) is 4.97. The molecule has 0 radical (unpaired) electrons. The summed E-state index contributed by atoms with van der Waals surface area (Å²) in [5.41, 5.74) is 5.75. The molecule has 0 saturated carbocycles. The van der Waals surface area contributed by atoms with E-state index < -0.39 is 0 Å². The van der Waals surface area contributed by atoms with Crippen LogP contribution in [0.2, 0.25) is 0 Å². The van der Waals surface area contributed by atoms with Crippen LogP contribution in [0.25, 0.3) is 0 Å². The van der Waals surface area contributed by atoms with Crippen molar-refractivity contribution in [1.82, 2.24) is 5.43 Å². The molecular weight excluding hydrogens is 336 g/mol. The molecule has 2 aromatic carbocycles. The lowest BCUT2D eigenvalue weighted by Gasteiger charge is -2.28. The van der Waals surface area contributed by atoms with Crippen molar-refractivity contribution < 1.29 is 9.90 Å². The molecule has 144 valence electrons. The van der Waals surface area contributed by atoms with E-state index in [1.807, 2.05) is 78.8 Å². The maximum atomic E-state index is 12.8. The van der Waals surface area contributed by atoms with Crippen molar-refractivity contribution in [3.8, 4) is 5.75 Å². The van der Waals surface area contributed by atoms with Gasteiger partial charge < -0.3 is 5.11 Å². The molecule has 4 nitrogen and oxygen atoms in total. The summed E-state index contributed by atoms with van der Waals surface area (Å²) < 4.78 is 0. The Morgan fingerprint density at radius 2 is 1.37 bits per heavy atom. The van der Waals surface area contributed by atoms with Crippen molar-refractivity contribution in [1.29, 1.82) is 0 Å². The number of hydrogen-bond donors (Lipinski definition) is 2. The quantitative estimate of drug-likeness (QED) is 0.583. The minimum absolute atomic E-state index is 0.260. The summed E-state index contributed by atoms with van der Waals surface area (Å²) in [6.45, 7) is 14.0. The van der Waals surface area contributed by atoms with Crippen LogP contribution in [0.3, 0.4) is 0 Å². The Bertz CT molecular complexity index is 819. The summed E-state index contributed by atoms with van der Waals surface area (Å²) in [6.07, 6.45) is 0. The molecule has 0 fully saturated rings. The lowest BCUT2D eigenvalue weighted by Crippen LogP contribution is -2.23. The summed E-state index contributed by atoms with van der Waals surface area (Å²) in [5, 5.41) is 15.0. The Kier molecular flexibility index (Phi) is 5.79. The van der Waals surface area contributed by atoms with E-state index in [2.05, 4.69) is 10.5 Å². The second-order valence-corrected chi connectivity index (χ2v) is 8.92. The van der Waals surface area contributed by atoms with Crippen LogP contribution in [0.1, 0.15) is 75.5 Å². The lowest BCUT2D eigenvalue weighted by atomic mass is 9.78. The Morgan fingerprint density at radius 3 is 1.81 bits per heavy atom. The van der Waals surface area contributed by atoms with E-state index in [1.54, 1.807) is 12.1 Å². The minimum atomic E-state index is -0.290. The molecule has 0 aliphatic rings. The number of nitrogens with one attached hydrogen (secondary N) is 1. The molecule has 0 unspecified atom stereocenters. The van der Waals surface area contributed by atoms with Crippen molar-refractivity contribution in [3.63, 3.8) is 0 Å². The number of nitrogens with zero attached hydrogens (tertiary/aromatic N) is 1. The molecule has 0 bridgehead atoms. The Morgan fingerprint density at radius 1 is 0.889 bits per heavy atom. The SMILES string of the molecule is CC(=NNC(=O)c1cc(C(C)(C)C)c(O)c(C(C)(C)C)c1)c1ccccc1. The van der Waals surface area contributed by atoms with Crippen molar-refractivity contribution in [3.05, 3.63) is 64.7 Å². The van der Waals surface area contributed by atoms with Gasteiger partial charge in [-0.1, -0.05) is 71.9 Å². The van der Waals surface area contributed by atoms with Gasteiger partial charge in [0.15, 0.2) is 0 Å². The average molecular weight is 367 g/mol. The summed E-state index contributed by atoms with van der Waals surface area (Å²) in [5.74, 6) is -0.0307. The number of amides is 1. The zero-order valence-corrected chi connectivity index (χ0v) is 17.3. The summed E-state index contributed by atoms with van der Waals surface area (Å²) >= 11 is 0. The first-order chi connectivity index (χ1) is 12.4. The molecule has 0 heterocycles. The van der Waals surface area contributed by atoms with Crippen molar-refractivity contribution >= 4 is 11.6 Å². The highest BCUT2D eigenvalue weighted by atomic mass is 16.3. The van der Waals surface area contributed by atoms with E-state index in [0.29, 0.717) is 5.56 Å². The number of aromatic hydroxyl groups is 1. The first-order valence-electron chi connectivity index (χ1n) is 9.19. The fourth-order valence-electron chi connectivity index (χ4n) is 2.85. The third-order valence-corrected chi connectivity index (χ3v) is 4.50. The molecule has 2 N–H and O–H groups in total. The molecule has 0 aromatic heterocycles. The van der Waals surface area contributed by atoms with E-state index in [4.69, 9.17) is 0 Å². The molecule has 2 rings (SSSR count). The second kappa shape index (κ2) is 7.55. The van der Waals surface area contributed by atoms with Gasteiger partial charge in [0.2, 0.25) is 0 Å². The van der Waals surface area contributed by atoms with Gasteiger partial charge in [-0.25, -0.2) is 5.43 Å². The average Bonchev–Trinajstić information content (AvgIpc) is 2.58. The zero-order chi connectivity index (χ0) is 20.4. The molecule has 0 aliphatic heterocycles. The van der Waals surface area contributed by atoms with Crippen LogP contribution in [0.15, 0.2) is 47.6 Å². The highest BCUT2D eigenvalue weighted by Crippen LogP contribution is 2.39. The van der Waals surface area contributed by atoms with E-state index in [-0.39, 0.29) is 22.5 Å².